The Morgan fingerprint density at radius 1 is 0.828 bits per heavy atom. The Morgan fingerprint density at radius 3 is 1.93 bits per heavy atom. The first-order chi connectivity index (χ1) is 14.2. The maximum atomic E-state index is 12.6. The third-order valence-electron chi connectivity index (χ3n) is 5.67. The monoisotopic (exact) mass is 394 g/mol. The van der Waals surface area contributed by atoms with Crippen LogP contribution in [0.15, 0.2) is 48.5 Å². The highest BCUT2D eigenvalue weighted by molar-refractivity contribution is 5.89. The lowest BCUT2D eigenvalue weighted by Gasteiger charge is -2.36. The van der Waals surface area contributed by atoms with Gasteiger partial charge in [0.15, 0.2) is 0 Å². The molecule has 0 bridgehead atoms. The second-order valence-electron chi connectivity index (χ2n) is 7.57. The molecule has 0 spiro atoms. The van der Waals surface area contributed by atoms with E-state index in [1.807, 2.05) is 36.1 Å². The molecule has 1 N–H and O–H groups in total. The van der Waals surface area contributed by atoms with Crippen molar-refractivity contribution in [3.63, 3.8) is 0 Å². The second-order valence-corrected chi connectivity index (χ2v) is 7.57. The van der Waals surface area contributed by atoms with Crippen LogP contribution in [0.4, 0.5) is 21.9 Å². The number of amides is 2. The standard InChI is InChI=1S/C23H30N4O2/c1-2-29-22-11-5-19(6-12-22)24-23(28)27-17-15-26(16-18-27)21-9-7-20(8-10-21)25-13-3-4-14-25/h5-12H,2-4,13-18H2,1H3,(H,24,28). The number of nitrogens with one attached hydrogen (secondary N) is 1. The lowest BCUT2D eigenvalue weighted by atomic mass is 10.2. The van der Waals surface area contributed by atoms with E-state index >= 15 is 0 Å². The first-order valence-electron chi connectivity index (χ1n) is 10.6. The molecule has 2 saturated heterocycles. The van der Waals surface area contributed by atoms with Crippen molar-refractivity contribution in [3.05, 3.63) is 48.5 Å². The van der Waals surface area contributed by atoms with Gasteiger partial charge in [0.1, 0.15) is 5.75 Å². The largest absolute Gasteiger partial charge is 0.494 e. The molecule has 6 heteroatoms. The average molecular weight is 395 g/mol. The van der Waals surface area contributed by atoms with Crippen LogP contribution in [-0.4, -0.2) is 56.8 Å². The van der Waals surface area contributed by atoms with Crippen molar-refractivity contribution < 1.29 is 9.53 Å². The Balaban J connectivity index is 1.27. The van der Waals surface area contributed by atoms with Gasteiger partial charge in [-0.25, -0.2) is 4.79 Å². The first kappa shape index (κ1) is 19.4. The zero-order valence-corrected chi connectivity index (χ0v) is 17.1. The topological polar surface area (TPSA) is 48.1 Å². The molecule has 2 aliphatic rings. The molecule has 2 aliphatic heterocycles. The van der Waals surface area contributed by atoms with Crippen LogP contribution in [0.1, 0.15) is 19.8 Å². The lowest BCUT2D eigenvalue weighted by molar-refractivity contribution is 0.208. The highest BCUT2D eigenvalue weighted by Crippen LogP contribution is 2.25. The third kappa shape index (κ3) is 4.75. The summed E-state index contributed by atoms with van der Waals surface area (Å²) in [5, 5.41) is 2.98. The van der Waals surface area contributed by atoms with Crippen molar-refractivity contribution in [3.8, 4) is 5.75 Å². The van der Waals surface area contributed by atoms with Gasteiger partial charge in [-0.15, -0.1) is 0 Å². The Hall–Kier alpha value is -2.89. The molecule has 154 valence electrons. The Kier molecular flexibility index (Phi) is 6.08. The van der Waals surface area contributed by atoms with Crippen molar-refractivity contribution in [1.82, 2.24) is 4.90 Å². The van der Waals surface area contributed by atoms with Gasteiger partial charge in [-0.1, -0.05) is 0 Å². The highest BCUT2D eigenvalue weighted by atomic mass is 16.5. The summed E-state index contributed by atoms with van der Waals surface area (Å²) in [6.07, 6.45) is 2.59. The van der Waals surface area contributed by atoms with Crippen molar-refractivity contribution in [1.29, 1.82) is 0 Å². The van der Waals surface area contributed by atoms with E-state index in [9.17, 15) is 4.79 Å². The van der Waals surface area contributed by atoms with Gasteiger partial charge in [-0.2, -0.15) is 0 Å². The maximum absolute atomic E-state index is 12.6. The van der Waals surface area contributed by atoms with Crippen molar-refractivity contribution in [2.45, 2.75) is 19.8 Å². The minimum Gasteiger partial charge on any atom is -0.494 e. The van der Waals surface area contributed by atoms with Gasteiger partial charge < -0.3 is 24.8 Å². The zero-order valence-electron chi connectivity index (χ0n) is 17.1. The number of rotatable bonds is 5. The van der Waals surface area contributed by atoms with E-state index in [0.717, 1.165) is 37.6 Å². The van der Waals surface area contributed by atoms with Gasteiger partial charge in [0, 0.05) is 56.3 Å². The number of piperazine rings is 1. The van der Waals surface area contributed by atoms with Gasteiger partial charge in [-0.3, -0.25) is 0 Å². The third-order valence-corrected chi connectivity index (χ3v) is 5.67. The predicted octanol–water partition coefficient (Wildman–Crippen LogP) is 4.04. The smallest absolute Gasteiger partial charge is 0.321 e. The van der Waals surface area contributed by atoms with E-state index in [0.29, 0.717) is 6.61 Å². The normalized spacial score (nSPS) is 16.8. The summed E-state index contributed by atoms with van der Waals surface area (Å²) in [5.74, 6) is 0.815. The summed E-state index contributed by atoms with van der Waals surface area (Å²) >= 11 is 0. The number of hydrogen-bond donors (Lipinski definition) is 1. The number of carbonyl (C=O) groups excluding carboxylic acids is 1. The van der Waals surface area contributed by atoms with Crippen LogP contribution in [-0.2, 0) is 0 Å². The molecule has 0 aliphatic carbocycles. The maximum Gasteiger partial charge on any atom is 0.321 e. The molecule has 2 heterocycles. The van der Waals surface area contributed by atoms with Gasteiger partial charge in [0.25, 0.3) is 0 Å². The molecule has 2 amide bonds. The molecule has 2 fully saturated rings. The lowest BCUT2D eigenvalue weighted by Crippen LogP contribution is -2.50. The molecule has 0 atom stereocenters. The van der Waals surface area contributed by atoms with Crippen molar-refractivity contribution >= 4 is 23.1 Å². The fraction of sp³-hybridized carbons (Fsp3) is 0.435. The van der Waals surface area contributed by atoms with Crippen LogP contribution in [0, 0.1) is 0 Å². The number of hydrogen-bond acceptors (Lipinski definition) is 4. The fourth-order valence-electron chi connectivity index (χ4n) is 4.02. The van der Waals surface area contributed by atoms with Crippen LogP contribution < -0.4 is 19.9 Å². The summed E-state index contributed by atoms with van der Waals surface area (Å²) in [5.41, 5.74) is 3.34. The summed E-state index contributed by atoms with van der Waals surface area (Å²) in [6, 6.07) is 16.3. The molecule has 2 aromatic rings. The average Bonchev–Trinajstić information content (AvgIpc) is 3.31. The number of anilines is 3. The molecular weight excluding hydrogens is 364 g/mol. The van der Waals surface area contributed by atoms with E-state index in [4.69, 9.17) is 4.74 Å². The zero-order chi connectivity index (χ0) is 20.1. The van der Waals surface area contributed by atoms with Gasteiger partial charge in [-0.05, 0) is 68.3 Å². The number of urea groups is 1. The van der Waals surface area contributed by atoms with E-state index in [1.54, 1.807) is 0 Å². The quantitative estimate of drug-likeness (QED) is 0.832. The van der Waals surface area contributed by atoms with E-state index in [2.05, 4.69) is 39.4 Å². The van der Waals surface area contributed by atoms with Crippen LogP contribution in [0.25, 0.3) is 0 Å². The molecule has 29 heavy (non-hydrogen) atoms. The van der Waals surface area contributed by atoms with Gasteiger partial charge >= 0.3 is 6.03 Å². The molecule has 0 radical (unpaired) electrons. The summed E-state index contributed by atoms with van der Waals surface area (Å²) < 4.78 is 5.44. The molecule has 0 unspecified atom stereocenters. The fourth-order valence-corrected chi connectivity index (χ4v) is 4.02. The van der Waals surface area contributed by atoms with Crippen molar-refractivity contribution in [2.75, 3.05) is 61.0 Å². The summed E-state index contributed by atoms with van der Waals surface area (Å²) in [6.45, 7) is 8.06. The second kappa shape index (κ2) is 9.07. The SMILES string of the molecule is CCOc1ccc(NC(=O)N2CCN(c3ccc(N4CCCC4)cc3)CC2)cc1. The Bertz CT molecular complexity index is 793. The van der Waals surface area contributed by atoms with Crippen LogP contribution >= 0.6 is 0 Å². The number of nitrogens with zero attached hydrogens (tertiary/aromatic N) is 3. The summed E-state index contributed by atoms with van der Waals surface area (Å²) in [4.78, 5) is 19.3. The number of benzene rings is 2. The van der Waals surface area contributed by atoms with E-state index in [-0.39, 0.29) is 6.03 Å². The number of carbonyl (C=O) groups is 1. The van der Waals surface area contributed by atoms with Gasteiger partial charge in [0.05, 0.1) is 6.61 Å². The molecule has 6 nitrogen and oxygen atoms in total. The Labute approximate surface area is 173 Å². The minimum atomic E-state index is -0.0433. The first-order valence-corrected chi connectivity index (χ1v) is 10.6. The molecular formula is C23H30N4O2. The van der Waals surface area contributed by atoms with Crippen LogP contribution in [0.2, 0.25) is 0 Å². The van der Waals surface area contributed by atoms with Crippen LogP contribution in [0.5, 0.6) is 5.75 Å². The number of ether oxygens (including phenoxy) is 1. The molecule has 2 aromatic carbocycles. The molecule has 0 saturated carbocycles. The van der Waals surface area contributed by atoms with E-state index in [1.165, 1.54) is 37.3 Å². The van der Waals surface area contributed by atoms with Crippen molar-refractivity contribution in [2.24, 2.45) is 0 Å². The summed E-state index contributed by atoms with van der Waals surface area (Å²) in [7, 11) is 0. The molecule has 0 aromatic heterocycles. The molecule has 4 rings (SSSR count). The highest BCUT2D eigenvalue weighted by Gasteiger charge is 2.21. The Morgan fingerprint density at radius 2 is 1.38 bits per heavy atom. The predicted molar refractivity (Wildman–Crippen MR) is 118 cm³/mol. The van der Waals surface area contributed by atoms with Gasteiger partial charge in [0.2, 0.25) is 0 Å². The van der Waals surface area contributed by atoms with E-state index < -0.39 is 0 Å². The minimum absolute atomic E-state index is 0.0433. The van der Waals surface area contributed by atoms with Crippen LogP contribution in [0.3, 0.4) is 0 Å².